The number of ether oxygens (including phenoxy) is 2. The van der Waals surface area contributed by atoms with Crippen molar-refractivity contribution in [2.24, 2.45) is 5.18 Å². The number of nitroso groups, excluding NO2 is 1. The van der Waals surface area contributed by atoms with E-state index in [9.17, 15) is 14.4 Å². The van der Waals surface area contributed by atoms with Gasteiger partial charge in [-0.3, -0.25) is 0 Å². The van der Waals surface area contributed by atoms with E-state index in [0.29, 0.717) is 27.8 Å². The Morgan fingerprint density at radius 1 is 1.37 bits per heavy atom. The number of benzene rings is 2. The lowest BCUT2D eigenvalue weighted by Crippen LogP contribution is -2.14. The molecule has 3 aromatic rings. The van der Waals surface area contributed by atoms with E-state index in [1.54, 1.807) is 6.07 Å². The predicted molar refractivity (Wildman–Crippen MR) is 99.6 cm³/mol. The molecule has 4 rings (SSSR count). The maximum Gasteiger partial charge on any atom is 0.222 e. The molecule has 1 N–H and O–H groups in total. The Labute approximate surface area is 154 Å². The molecule has 0 saturated carbocycles. The molecule has 0 fully saturated rings. The summed E-state index contributed by atoms with van der Waals surface area (Å²) in [7, 11) is 0. The third kappa shape index (κ3) is 2.86. The van der Waals surface area contributed by atoms with Gasteiger partial charge in [-0.25, -0.2) is 4.39 Å². The molecular formula is C20H17FN2O4. The highest BCUT2D eigenvalue weighted by Gasteiger charge is 2.23. The number of fused-ring (bicyclic) bond motifs is 2. The van der Waals surface area contributed by atoms with Gasteiger partial charge in [0.05, 0.1) is 18.7 Å². The summed E-state index contributed by atoms with van der Waals surface area (Å²) in [5, 5.41) is 14.2. The number of aromatic hydroxyl groups is 1. The van der Waals surface area contributed by atoms with Gasteiger partial charge in [0.25, 0.3) is 0 Å². The number of rotatable bonds is 4. The average molecular weight is 368 g/mol. The van der Waals surface area contributed by atoms with Gasteiger partial charge in [0.1, 0.15) is 11.6 Å². The topological polar surface area (TPSA) is 73.0 Å². The molecule has 0 saturated heterocycles. The van der Waals surface area contributed by atoms with Gasteiger partial charge in [-0.15, -0.1) is 4.91 Å². The average Bonchev–Trinajstić information content (AvgIpc) is 2.94. The van der Waals surface area contributed by atoms with E-state index >= 15 is 0 Å². The Balaban J connectivity index is 1.91. The van der Waals surface area contributed by atoms with Crippen LogP contribution in [-0.4, -0.2) is 16.5 Å². The quantitative estimate of drug-likeness (QED) is 0.669. The van der Waals surface area contributed by atoms with E-state index in [0.717, 1.165) is 5.56 Å². The van der Waals surface area contributed by atoms with Crippen molar-refractivity contribution in [2.45, 2.75) is 20.1 Å². The molecule has 27 heavy (non-hydrogen) atoms. The molecule has 0 aliphatic carbocycles. The predicted octanol–water partition coefficient (Wildman–Crippen LogP) is 4.83. The van der Waals surface area contributed by atoms with Gasteiger partial charge in [0, 0.05) is 16.5 Å². The monoisotopic (exact) mass is 368 g/mol. The number of allylic oxidation sites excluding steroid dienone is 1. The zero-order chi connectivity index (χ0) is 19.0. The summed E-state index contributed by atoms with van der Waals surface area (Å²) in [6, 6.07) is 8.18. The van der Waals surface area contributed by atoms with Crippen molar-refractivity contribution in [1.82, 2.24) is 4.57 Å². The minimum atomic E-state index is -0.419. The van der Waals surface area contributed by atoms with Crippen LogP contribution in [0.1, 0.15) is 23.6 Å². The minimum absolute atomic E-state index is 0.0341. The zero-order valence-electron chi connectivity index (χ0n) is 14.6. The number of hydrogen-bond donors (Lipinski definition) is 1. The van der Waals surface area contributed by atoms with Crippen molar-refractivity contribution in [2.75, 3.05) is 6.79 Å². The lowest BCUT2D eigenvalue weighted by molar-refractivity contribution is -0.0173. The molecule has 0 atom stereocenters. The molecule has 0 radical (unpaired) electrons. The van der Waals surface area contributed by atoms with Crippen molar-refractivity contribution in [3.63, 3.8) is 0 Å². The summed E-state index contributed by atoms with van der Waals surface area (Å²) in [6.07, 6.45) is 3.68. The molecular weight excluding hydrogens is 351 g/mol. The van der Waals surface area contributed by atoms with Gasteiger partial charge >= 0.3 is 0 Å². The summed E-state index contributed by atoms with van der Waals surface area (Å²) in [6.45, 7) is 2.32. The van der Waals surface area contributed by atoms with E-state index in [-0.39, 0.29) is 31.5 Å². The molecule has 0 amide bonds. The molecule has 138 valence electrons. The van der Waals surface area contributed by atoms with Crippen molar-refractivity contribution < 1.29 is 19.0 Å². The summed E-state index contributed by atoms with van der Waals surface area (Å²) in [5.74, 6) is -0.145. The molecule has 6 nitrogen and oxygen atoms in total. The minimum Gasteiger partial charge on any atom is -0.493 e. The summed E-state index contributed by atoms with van der Waals surface area (Å²) < 4.78 is 26.3. The second kappa shape index (κ2) is 6.85. The van der Waals surface area contributed by atoms with Gasteiger partial charge in [-0.1, -0.05) is 24.3 Å². The largest absolute Gasteiger partial charge is 0.493 e. The molecule has 1 aromatic heterocycles. The number of aromatic nitrogens is 1. The second-order valence-electron chi connectivity index (χ2n) is 6.25. The molecule has 2 heterocycles. The second-order valence-corrected chi connectivity index (χ2v) is 6.25. The van der Waals surface area contributed by atoms with Crippen LogP contribution in [0.5, 0.6) is 11.6 Å². The van der Waals surface area contributed by atoms with Gasteiger partial charge in [-0.05, 0) is 35.9 Å². The highest BCUT2D eigenvalue weighted by Crippen LogP contribution is 2.42. The van der Waals surface area contributed by atoms with Crippen LogP contribution in [0.15, 0.2) is 41.6 Å². The van der Waals surface area contributed by atoms with E-state index in [1.807, 2.05) is 31.2 Å². The van der Waals surface area contributed by atoms with E-state index in [2.05, 4.69) is 5.18 Å². The third-order valence-electron chi connectivity index (χ3n) is 4.59. The SMILES string of the molecule is CC=Cc1cccc2c1c(N=O)c(O)n2Cc1cc(F)cc2c1OCOC2. The number of nitrogens with zero attached hydrogens (tertiary/aromatic N) is 2. The van der Waals surface area contributed by atoms with Crippen LogP contribution in [0.3, 0.4) is 0 Å². The first-order chi connectivity index (χ1) is 13.1. The lowest BCUT2D eigenvalue weighted by Gasteiger charge is -2.21. The fourth-order valence-corrected chi connectivity index (χ4v) is 3.50. The molecule has 0 spiro atoms. The molecule has 0 bridgehead atoms. The Morgan fingerprint density at radius 2 is 2.22 bits per heavy atom. The van der Waals surface area contributed by atoms with Crippen LogP contribution in [0.25, 0.3) is 17.0 Å². The summed E-state index contributed by atoms with van der Waals surface area (Å²) in [5.41, 5.74) is 2.52. The maximum atomic E-state index is 14.0. The van der Waals surface area contributed by atoms with Crippen LogP contribution in [-0.2, 0) is 17.9 Å². The van der Waals surface area contributed by atoms with Crippen LogP contribution >= 0.6 is 0 Å². The normalized spacial score (nSPS) is 13.7. The molecule has 1 aliphatic heterocycles. The fourth-order valence-electron chi connectivity index (χ4n) is 3.50. The van der Waals surface area contributed by atoms with Crippen LogP contribution in [0.2, 0.25) is 0 Å². The van der Waals surface area contributed by atoms with Crippen LogP contribution in [0.4, 0.5) is 10.1 Å². The van der Waals surface area contributed by atoms with Crippen molar-refractivity contribution in [3.8, 4) is 11.6 Å². The van der Waals surface area contributed by atoms with Crippen molar-refractivity contribution in [1.29, 1.82) is 0 Å². The first kappa shape index (κ1) is 17.2. The number of hydrogen-bond acceptors (Lipinski definition) is 5. The fraction of sp³-hybridized carbons (Fsp3) is 0.200. The van der Waals surface area contributed by atoms with Gasteiger partial charge in [0.2, 0.25) is 5.88 Å². The van der Waals surface area contributed by atoms with Gasteiger partial charge in [0.15, 0.2) is 12.5 Å². The molecule has 0 unspecified atom stereocenters. The molecule has 7 heteroatoms. The Kier molecular flexibility index (Phi) is 4.37. The highest BCUT2D eigenvalue weighted by atomic mass is 19.1. The Bertz CT molecular complexity index is 1070. The Hall–Kier alpha value is -3.19. The molecule has 2 aromatic carbocycles. The van der Waals surface area contributed by atoms with E-state index < -0.39 is 5.82 Å². The maximum absolute atomic E-state index is 14.0. The zero-order valence-corrected chi connectivity index (χ0v) is 14.6. The first-order valence-corrected chi connectivity index (χ1v) is 8.46. The van der Waals surface area contributed by atoms with Crippen LogP contribution in [0, 0.1) is 10.7 Å². The summed E-state index contributed by atoms with van der Waals surface area (Å²) >= 11 is 0. The van der Waals surface area contributed by atoms with Gasteiger partial charge in [-0.2, -0.15) is 0 Å². The smallest absolute Gasteiger partial charge is 0.222 e. The van der Waals surface area contributed by atoms with Crippen molar-refractivity contribution in [3.05, 3.63) is 63.8 Å². The lowest BCUT2D eigenvalue weighted by atomic mass is 10.1. The molecule has 1 aliphatic rings. The third-order valence-corrected chi connectivity index (χ3v) is 4.59. The van der Waals surface area contributed by atoms with Crippen LogP contribution < -0.4 is 4.74 Å². The highest BCUT2D eigenvalue weighted by molar-refractivity contribution is 6.01. The number of halogens is 1. The van der Waals surface area contributed by atoms with Gasteiger partial charge < -0.3 is 19.1 Å². The van der Waals surface area contributed by atoms with E-state index in [4.69, 9.17) is 9.47 Å². The Morgan fingerprint density at radius 3 is 3.00 bits per heavy atom. The summed E-state index contributed by atoms with van der Waals surface area (Å²) in [4.78, 5) is 11.4. The van der Waals surface area contributed by atoms with Crippen molar-refractivity contribution >= 4 is 22.7 Å². The standard InChI is InChI=1S/C20H17FN2O4/c1-2-4-12-5-3-6-16-17(12)18(22-25)20(24)23(16)9-13-7-15(21)8-14-10-26-11-27-19(13)14/h2-8,24H,9-11H2,1H3. The first-order valence-electron chi connectivity index (χ1n) is 8.46. The van der Waals surface area contributed by atoms with E-state index in [1.165, 1.54) is 16.7 Å².